The third-order valence-electron chi connectivity index (χ3n) is 1.81. The van der Waals surface area contributed by atoms with Gasteiger partial charge in [-0.25, -0.2) is 0 Å². The summed E-state index contributed by atoms with van der Waals surface area (Å²) in [4.78, 5) is 0. The van der Waals surface area contributed by atoms with E-state index in [0.29, 0.717) is 0 Å². The number of nitrogens with two attached hydrogens (primary N) is 1. The van der Waals surface area contributed by atoms with Crippen molar-refractivity contribution < 1.29 is 0 Å². The van der Waals surface area contributed by atoms with Gasteiger partial charge in [0.05, 0.1) is 0 Å². The summed E-state index contributed by atoms with van der Waals surface area (Å²) in [5.41, 5.74) is 5.72. The molecular formula is C10H19N. The third-order valence-corrected chi connectivity index (χ3v) is 1.81. The molecule has 1 nitrogen and oxygen atoms in total. The average Bonchev–Trinajstić information content (AvgIpc) is 1.99. The van der Waals surface area contributed by atoms with Crippen LogP contribution in [0.5, 0.6) is 0 Å². The predicted octanol–water partition coefficient (Wildman–Crippen LogP) is 2.31. The minimum atomic E-state index is 0.233. The van der Waals surface area contributed by atoms with Crippen molar-refractivity contribution in [3.63, 3.8) is 0 Å². The molecule has 0 spiro atoms. The second-order valence-electron chi connectivity index (χ2n) is 3.02. The number of hydrogen-bond donors (Lipinski definition) is 1. The zero-order valence-corrected chi connectivity index (χ0v) is 7.47. The molecule has 2 N–H and O–H groups in total. The maximum Gasteiger partial charge on any atom is 0.0238 e. The maximum absolute atomic E-state index is 5.72. The van der Waals surface area contributed by atoms with Gasteiger partial charge in [0.2, 0.25) is 0 Å². The summed E-state index contributed by atoms with van der Waals surface area (Å²) in [6.07, 6.45) is 12.1. The molecule has 0 radical (unpaired) electrons. The lowest BCUT2D eigenvalue weighted by Gasteiger charge is -2.06. The van der Waals surface area contributed by atoms with E-state index in [1.165, 1.54) is 25.7 Å². The lowest BCUT2D eigenvalue weighted by Crippen LogP contribution is -2.18. The molecule has 0 aromatic heterocycles. The molecule has 0 fully saturated rings. The number of unbranched alkanes of at least 4 members (excludes halogenated alkanes) is 3. The smallest absolute Gasteiger partial charge is 0.0238 e. The van der Waals surface area contributed by atoms with Gasteiger partial charge in [0.1, 0.15) is 0 Å². The Balaban J connectivity index is 3.05. The topological polar surface area (TPSA) is 26.0 Å². The SMILES string of the molecule is C#CCC(N)CCCCCC. The Morgan fingerprint density at radius 3 is 2.64 bits per heavy atom. The molecule has 0 bridgehead atoms. The second-order valence-corrected chi connectivity index (χ2v) is 3.02. The van der Waals surface area contributed by atoms with Gasteiger partial charge >= 0.3 is 0 Å². The Morgan fingerprint density at radius 1 is 1.36 bits per heavy atom. The van der Waals surface area contributed by atoms with Crippen LogP contribution < -0.4 is 5.73 Å². The van der Waals surface area contributed by atoms with Crippen LogP contribution in [-0.2, 0) is 0 Å². The molecule has 64 valence electrons. The quantitative estimate of drug-likeness (QED) is 0.460. The van der Waals surface area contributed by atoms with Crippen LogP contribution in [0.2, 0.25) is 0 Å². The molecule has 1 heteroatoms. The van der Waals surface area contributed by atoms with Crippen molar-refractivity contribution in [3.05, 3.63) is 0 Å². The van der Waals surface area contributed by atoms with Gasteiger partial charge in [0.15, 0.2) is 0 Å². The zero-order chi connectivity index (χ0) is 8.53. The molecular weight excluding hydrogens is 134 g/mol. The Kier molecular flexibility index (Phi) is 7.29. The second kappa shape index (κ2) is 7.63. The molecule has 11 heavy (non-hydrogen) atoms. The van der Waals surface area contributed by atoms with Gasteiger partial charge in [0, 0.05) is 12.5 Å². The van der Waals surface area contributed by atoms with Gasteiger partial charge in [-0.3, -0.25) is 0 Å². The Labute approximate surface area is 70.4 Å². The molecule has 0 heterocycles. The van der Waals surface area contributed by atoms with E-state index in [1.807, 2.05) is 0 Å². The molecule has 0 aromatic carbocycles. The molecule has 0 amide bonds. The molecule has 0 rings (SSSR count). The largest absolute Gasteiger partial charge is 0.327 e. The van der Waals surface area contributed by atoms with Crippen LogP contribution in [0.25, 0.3) is 0 Å². The van der Waals surface area contributed by atoms with E-state index in [-0.39, 0.29) is 6.04 Å². The lowest BCUT2D eigenvalue weighted by molar-refractivity contribution is 0.556. The van der Waals surface area contributed by atoms with Crippen LogP contribution in [0, 0.1) is 12.3 Å². The highest BCUT2D eigenvalue weighted by Crippen LogP contribution is 2.05. The molecule has 1 unspecified atom stereocenters. The van der Waals surface area contributed by atoms with Crippen molar-refractivity contribution in [3.8, 4) is 12.3 Å². The average molecular weight is 153 g/mol. The highest BCUT2D eigenvalue weighted by atomic mass is 14.6. The van der Waals surface area contributed by atoms with E-state index in [0.717, 1.165) is 12.8 Å². The van der Waals surface area contributed by atoms with E-state index in [4.69, 9.17) is 12.2 Å². The van der Waals surface area contributed by atoms with Crippen molar-refractivity contribution in [2.45, 2.75) is 51.5 Å². The molecule has 0 aliphatic carbocycles. The molecule has 0 aromatic rings. The first-order chi connectivity index (χ1) is 5.31. The minimum absolute atomic E-state index is 0.233. The van der Waals surface area contributed by atoms with Gasteiger partial charge in [-0.1, -0.05) is 32.6 Å². The van der Waals surface area contributed by atoms with Crippen molar-refractivity contribution in [2.75, 3.05) is 0 Å². The molecule has 0 saturated heterocycles. The molecule has 1 atom stereocenters. The van der Waals surface area contributed by atoms with Crippen LogP contribution >= 0.6 is 0 Å². The first kappa shape index (κ1) is 10.5. The van der Waals surface area contributed by atoms with Crippen LogP contribution in [0.3, 0.4) is 0 Å². The lowest BCUT2D eigenvalue weighted by atomic mass is 10.1. The standard InChI is InChI=1S/C10H19N/c1-3-5-6-7-9-10(11)8-4-2/h2,10H,3,5-9,11H2,1H3. The summed E-state index contributed by atoms with van der Waals surface area (Å²) in [5, 5.41) is 0. The zero-order valence-electron chi connectivity index (χ0n) is 7.47. The van der Waals surface area contributed by atoms with Gasteiger partial charge in [-0.2, -0.15) is 0 Å². The van der Waals surface area contributed by atoms with Crippen molar-refractivity contribution in [2.24, 2.45) is 5.73 Å². The Bertz CT molecular complexity index is 113. The summed E-state index contributed by atoms with van der Waals surface area (Å²) in [6, 6.07) is 0.233. The molecule has 0 aliphatic heterocycles. The van der Waals surface area contributed by atoms with E-state index < -0.39 is 0 Å². The van der Waals surface area contributed by atoms with E-state index in [2.05, 4.69) is 12.8 Å². The van der Waals surface area contributed by atoms with E-state index >= 15 is 0 Å². The number of rotatable bonds is 6. The van der Waals surface area contributed by atoms with Crippen LogP contribution in [0.4, 0.5) is 0 Å². The van der Waals surface area contributed by atoms with Gasteiger partial charge < -0.3 is 5.73 Å². The van der Waals surface area contributed by atoms with Gasteiger partial charge in [0.25, 0.3) is 0 Å². The van der Waals surface area contributed by atoms with Crippen LogP contribution in [0.1, 0.15) is 45.4 Å². The molecule has 0 saturated carbocycles. The first-order valence-electron chi connectivity index (χ1n) is 4.50. The normalized spacial score (nSPS) is 12.5. The summed E-state index contributed by atoms with van der Waals surface area (Å²) >= 11 is 0. The number of terminal acetylenes is 1. The predicted molar refractivity (Wildman–Crippen MR) is 50.2 cm³/mol. The highest BCUT2D eigenvalue weighted by molar-refractivity contribution is 4.88. The Morgan fingerprint density at radius 2 is 2.09 bits per heavy atom. The van der Waals surface area contributed by atoms with Crippen LogP contribution in [-0.4, -0.2) is 6.04 Å². The third kappa shape index (κ3) is 7.42. The van der Waals surface area contributed by atoms with Gasteiger partial charge in [-0.15, -0.1) is 12.3 Å². The van der Waals surface area contributed by atoms with Crippen LogP contribution in [0.15, 0.2) is 0 Å². The monoisotopic (exact) mass is 153 g/mol. The summed E-state index contributed by atoms with van der Waals surface area (Å²) < 4.78 is 0. The van der Waals surface area contributed by atoms with Crippen molar-refractivity contribution in [1.82, 2.24) is 0 Å². The van der Waals surface area contributed by atoms with Gasteiger partial charge in [-0.05, 0) is 6.42 Å². The number of hydrogen-bond acceptors (Lipinski definition) is 1. The van der Waals surface area contributed by atoms with Crippen molar-refractivity contribution in [1.29, 1.82) is 0 Å². The summed E-state index contributed by atoms with van der Waals surface area (Å²) in [5.74, 6) is 2.58. The van der Waals surface area contributed by atoms with Crippen molar-refractivity contribution >= 4 is 0 Å². The highest BCUT2D eigenvalue weighted by Gasteiger charge is 1.98. The maximum atomic E-state index is 5.72. The fraction of sp³-hybridized carbons (Fsp3) is 0.800. The first-order valence-corrected chi connectivity index (χ1v) is 4.50. The molecule has 0 aliphatic rings. The Hall–Kier alpha value is -0.480. The fourth-order valence-electron chi connectivity index (χ4n) is 1.09. The summed E-state index contributed by atoms with van der Waals surface area (Å²) in [6.45, 7) is 2.21. The minimum Gasteiger partial charge on any atom is -0.327 e. The fourth-order valence-corrected chi connectivity index (χ4v) is 1.09. The van der Waals surface area contributed by atoms with E-state index in [9.17, 15) is 0 Å². The van der Waals surface area contributed by atoms with E-state index in [1.54, 1.807) is 0 Å². The summed E-state index contributed by atoms with van der Waals surface area (Å²) in [7, 11) is 0.